The molecule has 10 heteroatoms. The second kappa shape index (κ2) is 11.2. The van der Waals surface area contributed by atoms with Crippen LogP contribution in [-0.4, -0.2) is 50.5 Å². The molecule has 0 unspecified atom stereocenters. The zero-order valence-electron chi connectivity index (χ0n) is 19.1. The summed E-state index contributed by atoms with van der Waals surface area (Å²) in [5.41, 5.74) is 1.53. The third-order valence-corrected chi connectivity index (χ3v) is 6.16. The van der Waals surface area contributed by atoms with Crippen LogP contribution in [0.3, 0.4) is 0 Å². The molecule has 1 N–H and O–H groups in total. The highest BCUT2D eigenvalue weighted by molar-refractivity contribution is 7.92. The highest BCUT2D eigenvalue weighted by atomic mass is 32.2. The van der Waals surface area contributed by atoms with Crippen molar-refractivity contribution in [1.82, 2.24) is 10.2 Å². The predicted molar refractivity (Wildman–Crippen MR) is 123 cm³/mol. The van der Waals surface area contributed by atoms with E-state index in [-0.39, 0.29) is 18.1 Å². The summed E-state index contributed by atoms with van der Waals surface area (Å²) in [7, 11) is -4.02. The smallest absolute Gasteiger partial charge is 0.244 e. The lowest BCUT2D eigenvalue weighted by Gasteiger charge is -2.31. The second-order valence-corrected chi connectivity index (χ2v) is 9.75. The molecular weight excluding hydrogens is 452 g/mol. The Labute approximate surface area is 193 Å². The van der Waals surface area contributed by atoms with Crippen molar-refractivity contribution in [2.75, 3.05) is 23.7 Å². The van der Waals surface area contributed by atoms with Gasteiger partial charge in [0.2, 0.25) is 21.8 Å². The van der Waals surface area contributed by atoms with Crippen LogP contribution in [-0.2, 0) is 26.2 Å². The highest BCUT2D eigenvalue weighted by Crippen LogP contribution is 2.21. The molecule has 2 aromatic carbocycles. The molecule has 2 rings (SSSR count). The first-order valence-corrected chi connectivity index (χ1v) is 12.3. The van der Waals surface area contributed by atoms with E-state index in [0.29, 0.717) is 23.3 Å². The predicted octanol–water partition coefficient (Wildman–Crippen LogP) is 2.98. The first-order chi connectivity index (χ1) is 15.4. The number of carbonyl (C=O) groups excluding carboxylic acids is 2. The minimum Gasteiger partial charge on any atom is -0.354 e. The standard InChI is InChI=1S/C23H29F2N3O4S/c1-5-11-26-23(30)17(3)27(14-18-8-6-7-16(2)12-18)22(29)15-28(33(4,31)32)19-9-10-20(24)21(25)13-19/h6-10,12-13,17H,5,11,14-15H2,1-4H3,(H,26,30)/t17-/m0/s1. The van der Waals surface area contributed by atoms with Crippen LogP contribution in [0.2, 0.25) is 0 Å². The molecule has 0 bridgehead atoms. The Bertz CT molecular complexity index is 1110. The molecule has 180 valence electrons. The Kier molecular flexibility index (Phi) is 8.92. The van der Waals surface area contributed by atoms with Gasteiger partial charge in [-0.3, -0.25) is 13.9 Å². The fourth-order valence-corrected chi connectivity index (χ4v) is 4.08. The number of nitrogens with one attached hydrogen (secondary N) is 1. The van der Waals surface area contributed by atoms with Crippen molar-refractivity contribution < 1.29 is 26.8 Å². The van der Waals surface area contributed by atoms with E-state index >= 15 is 0 Å². The first-order valence-electron chi connectivity index (χ1n) is 10.5. The monoisotopic (exact) mass is 481 g/mol. The Balaban J connectivity index is 2.39. The molecule has 0 aromatic heterocycles. The number of rotatable bonds is 10. The highest BCUT2D eigenvalue weighted by Gasteiger charge is 2.30. The Morgan fingerprint density at radius 3 is 2.36 bits per heavy atom. The number of halogens is 2. The number of benzene rings is 2. The van der Waals surface area contributed by atoms with E-state index in [2.05, 4.69) is 5.32 Å². The maximum Gasteiger partial charge on any atom is 0.244 e. The lowest BCUT2D eigenvalue weighted by atomic mass is 10.1. The normalized spacial score (nSPS) is 12.2. The zero-order chi connectivity index (χ0) is 24.8. The van der Waals surface area contributed by atoms with Crippen LogP contribution in [0.25, 0.3) is 0 Å². The van der Waals surface area contributed by atoms with E-state index in [4.69, 9.17) is 0 Å². The summed E-state index contributed by atoms with van der Waals surface area (Å²) >= 11 is 0. The minimum absolute atomic E-state index is 0.0661. The molecule has 7 nitrogen and oxygen atoms in total. The van der Waals surface area contributed by atoms with Crippen LogP contribution in [0.5, 0.6) is 0 Å². The Morgan fingerprint density at radius 1 is 1.09 bits per heavy atom. The Hall–Kier alpha value is -3.01. The molecule has 0 saturated carbocycles. The van der Waals surface area contributed by atoms with Gasteiger partial charge >= 0.3 is 0 Å². The van der Waals surface area contributed by atoms with Crippen LogP contribution >= 0.6 is 0 Å². The number of nitrogens with zero attached hydrogens (tertiary/aromatic N) is 2. The third-order valence-electron chi connectivity index (χ3n) is 5.02. The van der Waals surface area contributed by atoms with Gasteiger partial charge < -0.3 is 10.2 Å². The number of hydrogen-bond acceptors (Lipinski definition) is 4. The van der Waals surface area contributed by atoms with Gasteiger partial charge in [0.05, 0.1) is 11.9 Å². The Morgan fingerprint density at radius 2 is 1.79 bits per heavy atom. The van der Waals surface area contributed by atoms with Crippen LogP contribution in [0, 0.1) is 18.6 Å². The summed E-state index contributed by atoms with van der Waals surface area (Å²) in [4.78, 5) is 27.2. The van der Waals surface area contributed by atoms with Crippen molar-refractivity contribution in [1.29, 1.82) is 0 Å². The average Bonchev–Trinajstić information content (AvgIpc) is 2.74. The summed E-state index contributed by atoms with van der Waals surface area (Å²) in [6.45, 7) is 5.16. The molecule has 0 spiro atoms. The van der Waals surface area contributed by atoms with E-state index in [0.717, 1.165) is 29.5 Å². The SMILES string of the molecule is CCCNC(=O)[C@H](C)N(Cc1cccc(C)c1)C(=O)CN(c1ccc(F)c(F)c1)S(C)(=O)=O. The van der Waals surface area contributed by atoms with Gasteiger partial charge in [-0.2, -0.15) is 0 Å². The minimum atomic E-state index is -4.02. The lowest BCUT2D eigenvalue weighted by molar-refractivity contribution is -0.139. The van der Waals surface area contributed by atoms with E-state index in [9.17, 15) is 26.8 Å². The van der Waals surface area contributed by atoms with Crippen LogP contribution in [0.15, 0.2) is 42.5 Å². The van der Waals surface area contributed by atoms with Gasteiger partial charge in [0, 0.05) is 19.2 Å². The largest absolute Gasteiger partial charge is 0.354 e. The van der Waals surface area contributed by atoms with E-state index in [1.54, 1.807) is 13.0 Å². The summed E-state index contributed by atoms with van der Waals surface area (Å²) in [5, 5.41) is 2.74. The number of amides is 2. The van der Waals surface area contributed by atoms with Gasteiger partial charge in [0.1, 0.15) is 12.6 Å². The van der Waals surface area contributed by atoms with Crippen molar-refractivity contribution in [3.05, 3.63) is 65.2 Å². The number of carbonyl (C=O) groups is 2. The second-order valence-electron chi connectivity index (χ2n) is 7.85. The molecule has 0 saturated heterocycles. The fourth-order valence-electron chi connectivity index (χ4n) is 3.24. The molecule has 0 fully saturated rings. The van der Waals surface area contributed by atoms with Crippen LogP contribution in [0.1, 0.15) is 31.4 Å². The molecule has 0 heterocycles. The molecule has 0 aliphatic carbocycles. The maximum absolute atomic E-state index is 13.8. The first kappa shape index (κ1) is 26.2. The molecule has 0 aliphatic heterocycles. The van der Waals surface area contributed by atoms with Crippen molar-refractivity contribution in [3.63, 3.8) is 0 Å². The van der Waals surface area contributed by atoms with Crippen LogP contribution in [0.4, 0.5) is 14.5 Å². The molecule has 2 amide bonds. The number of hydrogen-bond donors (Lipinski definition) is 1. The van der Waals surface area contributed by atoms with Crippen LogP contribution < -0.4 is 9.62 Å². The topological polar surface area (TPSA) is 86.8 Å². The maximum atomic E-state index is 13.8. The molecule has 0 radical (unpaired) electrons. The van der Waals surface area contributed by atoms with Gasteiger partial charge in [-0.15, -0.1) is 0 Å². The molecule has 33 heavy (non-hydrogen) atoms. The van der Waals surface area contributed by atoms with Gasteiger partial charge in [-0.1, -0.05) is 36.8 Å². The zero-order valence-corrected chi connectivity index (χ0v) is 20.0. The summed E-state index contributed by atoms with van der Waals surface area (Å²) < 4.78 is 52.6. The van der Waals surface area contributed by atoms with Crippen molar-refractivity contribution in [3.8, 4) is 0 Å². The van der Waals surface area contributed by atoms with Crippen molar-refractivity contribution in [2.45, 2.75) is 39.8 Å². The van der Waals surface area contributed by atoms with Gasteiger partial charge in [0.15, 0.2) is 11.6 Å². The third kappa shape index (κ3) is 7.24. The van der Waals surface area contributed by atoms with E-state index < -0.39 is 40.2 Å². The van der Waals surface area contributed by atoms with Crippen molar-refractivity contribution >= 4 is 27.5 Å². The number of sulfonamides is 1. The average molecular weight is 482 g/mol. The summed E-state index contributed by atoms with van der Waals surface area (Å²) in [6.07, 6.45) is 1.58. The molecule has 2 aromatic rings. The van der Waals surface area contributed by atoms with E-state index in [1.165, 1.54) is 4.90 Å². The van der Waals surface area contributed by atoms with Gasteiger partial charge in [0.25, 0.3) is 0 Å². The quantitative estimate of drug-likeness (QED) is 0.565. The number of anilines is 1. The summed E-state index contributed by atoms with van der Waals surface area (Å²) in [5.74, 6) is -3.42. The molecular formula is C23H29F2N3O4S. The number of aryl methyl sites for hydroxylation is 1. The lowest BCUT2D eigenvalue weighted by Crippen LogP contribution is -2.51. The van der Waals surface area contributed by atoms with E-state index in [1.807, 2.05) is 32.0 Å². The van der Waals surface area contributed by atoms with Gasteiger partial charge in [-0.25, -0.2) is 17.2 Å². The summed E-state index contributed by atoms with van der Waals surface area (Å²) in [6, 6.07) is 9.06. The molecule has 0 aliphatic rings. The fraction of sp³-hybridized carbons (Fsp3) is 0.391. The van der Waals surface area contributed by atoms with Crippen molar-refractivity contribution in [2.24, 2.45) is 0 Å². The van der Waals surface area contributed by atoms with Gasteiger partial charge in [-0.05, 0) is 38.0 Å². The molecule has 1 atom stereocenters.